The Kier molecular flexibility index (Phi) is 5.27. The van der Waals surface area contributed by atoms with Gasteiger partial charge in [0.25, 0.3) is 5.91 Å². The van der Waals surface area contributed by atoms with Gasteiger partial charge in [0.1, 0.15) is 11.3 Å². The zero-order valence-corrected chi connectivity index (χ0v) is 17.4. The lowest BCUT2D eigenvalue weighted by Gasteiger charge is -2.21. The number of aromatic nitrogens is 2. The van der Waals surface area contributed by atoms with Crippen LogP contribution in [0.4, 0.5) is 5.13 Å². The number of hydrogen-bond donors (Lipinski definition) is 0. The molecule has 0 fully saturated rings. The van der Waals surface area contributed by atoms with Crippen LogP contribution in [0.25, 0.3) is 10.2 Å². The van der Waals surface area contributed by atoms with Crippen LogP contribution in [0.15, 0.2) is 60.9 Å². The van der Waals surface area contributed by atoms with Gasteiger partial charge in [0, 0.05) is 18.0 Å². The highest BCUT2D eigenvalue weighted by Gasteiger charge is 2.24. The zero-order valence-electron chi connectivity index (χ0n) is 16.5. The van der Waals surface area contributed by atoms with Crippen molar-refractivity contribution in [2.45, 2.75) is 20.4 Å². The molecule has 0 aliphatic rings. The van der Waals surface area contributed by atoms with Crippen molar-refractivity contribution in [2.75, 3.05) is 12.0 Å². The van der Waals surface area contributed by atoms with Crippen molar-refractivity contribution in [3.05, 3.63) is 83.2 Å². The lowest BCUT2D eigenvalue weighted by Crippen LogP contribution is -2.31. The molecule has 146 valence electrons. The molecule has 2 aromatic heterocycles. The number of benzene rings is 2. The van der Waals surface area contributed by atoms with Gasteiger partial charge in [-0.3, -0.25) is 14.7 Å². The van der Waals surface area contributed by atoms with Crippen LogP contribution in [-0.2, 0) is 6.54 Å². The minimum Gasteiger partial charge on any atom is -0.494 e. The van der Waals surface area contributed by atoms with E-state index in [2.05, 4.69) is 4.98 Å². The molecule has 0 radical (unpaired) electrons. The summed E-state index contributed by atoms with van der Waals surface area (Å²) in [5.41, 5.74) is 4.45. The number of anilines is 1. The van der Waals surface area contributed by atoms with Gasteiger partial charge >= 0.3 is 0 Å². The number of carbonyl (C=O) groups excluding carboxylic acids is 1. The second kappa shape index (κ2) is 8.01. The maximum Gasteiger partial charge on any atom is 0.260 e. The molecular weight excluding hydrogens is 382 g/mol. The third kappa shape index (κ3) is 3.84. The van der Waals surface area contributed by atoms with Crippen LogP contribution in [0.3, 0.4) is 0 Å². The molecule has 2 aromatic carbocycles. The molecule has 0 spiro atoms. The SMILES string of the molecule is COc1cccc2sc(N(Cc3cccnc3)C(=O)c3ccc(C)cc3C)nc12. The fourth-order valence-electron chi connectivity index (χ4n) is 3.29. The Morgan fingerprint density at radius 1 is 1.14 bits per heavy atom. The first-order valence-electron chi connectivity index (χ1n) is 9.28. The summed E-state index contributed by atoms with van der Waals surface area (Å²) in [6.45, 7) is 4.38. The third-order valence-corrected chi connectivity index (χ3v) is 5.79. The molecular formula is C23H21N3O2S. The van der Waals surface area contributed by atoms with E-state index in [1.807, 2.05) is 62.4 Å². The number of methoxy groups -OCH3 is 1. The zero-order chi connectivity index (χ0) is 20.4. The average Bonchev–Trinajstić information content (AvgIpc) is 3.16. The van der Waals surface area contributed by atoms with Gasteiger partial charge in [0.15, 0.2) is 5.13 Å². The molecule has 4 aromatic rings. The minimum atomic E-state index is -0.0793. The van der Waals surface area contributed by atoms with Gasteiger partial charge < -0.3 is 4.74 Å². The van der Waals surface area contributed by atoms with Crippen molar-refractivity contribution < 1.29 is 9.53 Å². The lowest BCUT2D eigenvalue weighted by atomic mass is 10.0. The summed E-state index contributed by atoms with van der Waals surface area (Å²) in [6.07, 6.45) is 3.50. The normalized spacial score (nSPS) is 10.9. The van der Waals surface area contributed by atoms with Crippen molar-refractivity contribution in [1.82, 2.24) is 9.97 Å². The Bertz CT molecular complexity index is 1170. The molecule has 1 amide bonds. The third-order valence-electron chi connectivity index (χ3n) is 4.74. The van der Waals surface area contributed by atoms with Crippen LogP contribution in [0.2, 0.25) is 0 Å². The average molecular weight is 404 g/mol. The van der Waals surface area contributed by atoms with Crippen molar-refractivity contribution >= 4 is 32.6 Å². The predicted octanol–water partition coefficient (Wildman–Crippen LogP) is 5.16. The predicted molar refractivity (Wildman–Crippen MR) is 117 cm³/mol. The summed E-state index contributed by atoms with van der Waals surface area (Å²) in [6, 6.07) is 15.5. The van der Waals surface area contributed by atoms with E-state index in [0.29, 0.717) is 23.0 Å². The minimum absolute atomic E-state index is 0.0793. The number of hydrogen-bond acceptors (Lipinski definition) is 5. The Hall–Kier alpha value is -3.25. The van der Waals surface area contributed by atoms with Gasteiger partial charge in [-0.15, -0.1) is 0 Å². The number of nitrogens with zero attached hydrogens (tertiary/aromatic N) is 3. The Labute approximate surface area is 173 Å². The summed E-state index contributed by atoms with van der Waals surface area (Å²) in [5, 5.41) is 0.637. The van der Waals surface area contributed by atoms with Gasteiger partial charge in [-0.25, -0.2) is 4.98 Å². The van der Waals surface area contributed by atoms with Crippen LogP contribution in [0.1, 0.15) is 27.0 Å². The lowest BCUT2D eigenvalue weighted by molar-refractivity contribution is 0.0984. The molecule has 0 N–H and O–H groups in total. The summed E-state index contributed by atoms with van der Waals surface area (Å²) in [4.78, 5) is 24.2. The van der Waals surface area contributed by atoms with Crippen LogP contribution in [0, 0.1) is 13.8 Å². The molecule has 0 aliphatic carbocycles. The number of ether oxygens (including phenoxy) is 1. The van der Waals surface area contributed by atoms with Gasteiger partial charge in [-0.2, -0.15) is 0 Å². The van der Waals surface area contributed by atoms with Crippen LogP contribution < -0.4 is 9.64 Å². The second-order valence-electron chi connectivity index (χ2n) is 6.87. The molecule has 0 bridgehead atoms. The number of thiazole rings is 1. The molecule has 2 heterocycles. The number of para-hydroxylation sites is 1. The van der Waals surface area contributed by atoms with Crippen molar-refractivity contribution in [3.63, 3.8) is 0 Å². The van der Waals surface area contributed by atoms with E-state index in [-0.39, 0.29) is 5.91 Å². The highest BCUT2D eigenvalue weighted by atomic mass is 32.1. The fraction of sp³-hybridized carbons (Fsp3) is 0.174. The molecule has 4 rings (SSSR count). The topological polar surface area (TPSA) is 55.3 Å². The first kappa shape index (κ1) is 19.1. The van der Waals surface area contributed by atoms with E-state index in [4.69, 9.17) is 9.72 Å². The first-order valence-corrected chi connectivity index (χ1v) is 10.1. The fourth-order valence-corrected chi connectivity index (χ4v) is 4.27. The van der Waals surface area contributed by atoms with Gasteiger partial charge in [-0.05, 0) is 49.2 Å². The van der Waals surface area contributed by atoms with Crippen LogP contribution in [0.5, 0.6) is 5.75 Å². The number of fused-ring (bicyclic) bond motifs is 1. The summed E-state index contributed by atoms with van der Waals surface area (Å²) < 4.78 is 6.42. The van der Waals surface area contributed by atoms with Crippen molar-refractivity contribution in [3.8, 4) is 5.75 Å². The van der Waals surface area contributed by atoms with Crippen LogP contribution in [-0.4, -0.2) is 23.0 Å². The second-order valence-corrected chi connectivity index (χ2v) is 7.88. The quantitative estimate of drug-likeness (QED) is 0.462. The summed E-state index contributed by atoms with van der Waals surface area (Å²) >= 11 is 1.48. The molecule has 0 atom stereocenters. The Morgan fingerprint density at radius 2 is 2.00 bits per heavy atom. The van der Waals surface area contributed by atoms with E-state index in [0.717, 1.165) is 26.9 Å². The van der Waals surface area contributed by atoms with Gasteiger partial charge in [0.05, 0.1) is 18.4 Å². The van der Waals surface area contributed by atoms with Crippen LogP contribution >= 0.6 is 11.3 Å². The van der Waals surface area contributed by atoms with E-state index >= 15 is 0 Å². The number of amides is 1. The highest BCUT2D eigenvalue weighted by molar-refractivity contribution is 7.22. The monoisotopic (exact) mass is 403 g/mol. The maximum absolute atomic E-state index is 13.6. The van der Waals surface area contributed by atoms with Crippen molar-refractivity contribution in [1.29, 1.82) is 0 Å². The molecule has 0 saturated carbocycles. The molecule has 0 saturated heterocycles. The highest BCUT2D eigenvalue weighted by Crippen LogP contribution is 2.35. The van der Waals surface area contributed by atoms with E-state index in [1.165, 1.54) is 11.3 Å². The van der Waals surface area contributed by atoms with Gasteiger partial charge in [-0.1, -0.05) is 41.2 Å². The van der Waals surface area contributed by atoms with Crippen molar-refractivity contribution in [2.24, 2.45) is 0 Å². The smallest absolute Gasteiger partial charge is 0.260 e. The summed E-state index contributed by atoms with van der Waals surface area (Å²) in [5.74, 6) is 0.620. The van der Waals surface area contributed by atoms with E-state index in [1.54, 1.807) is 24.4 Å². The molecule has 6 heteroatoms. The van der Waals surface area contributed by atoms with E-state index < -0.39 is 0 Å². The molecule has 0 aliphatic heterocycles. The number of pyridine rings is 1. The maximum atomic E-state index is 13.6. The number of carbonyl (C=O) groups is 1. The molecule has 5 nitrogen and oxygen atoms in total. The summed E-state index contributed by atoms with van der Waals surface area (Å²) in [7, 11) is 1.63. The molecule has 0 unspecified atom stereocenters. The number of rotatable bonds is 5. The van der Waals surface area contributed by atoms with E-state index in [9.17, 15) is 4.79 Å². The van der Waals surface area contributed by atoms with Gasteiger partial charge in [0.2, 0.25) is 0 Å². The number of aryl methyl sites for hydroxylation is 2. The Balaban J connectivity index is 1.81. The molecule has 29 heavy (non-hydrogen) atoms. The largest absolute Gasteiger partial charge is 0.494 e. The Morgan fingerprint density at radius 3 is 2.72 bits per heavy atom. The standard InChI is InChI=1S/C23H21N3O2S/c1-15-9-10-18(16(2)12-15)22(27)26(14-17-6-5-11-24-13-17)23-25-21-19(28-3)7-4-8-20(21)29-23/h4-13H,14H2,1-3H3. The first-order chi connectivity index (χ1) is 14.1.